The second-order valence-electron chi connectivity index (χ2n) is 7.34. The number of nitrogens with zero attached hydrogens (tertiary/aromatic N) is 2. The first-order chi connectivity index (χ1) is 14.1. The minimum Gasteiger partial charge on any atom is -0.357 e. The van der Waals surface area contributed by atoms with Gasteiger partial charge in [0.1, 0.15) is 0 Å². The zero-order chi connectivity index (χ0) is 22.2. The lowest BCUT2D eigenvalue weighted by atomic mass is 10.1. The van der Waals surface area contributed by atoms with Gasteiger partial charge < -0.3 is 10.6 Å². The highest BCUT2D eigenvalue weighted by molar-refractivity contribution is 7.88. The molecule has 0 spiro atoms. The van der Waals surface area contributed by atoms with E-state index in [0.717, 1.165) is 43.5 Å². The Kier molecular flexibility index (Phi) is 8.92. The van der Waals surface area contributed by atoms with Gasteiger partial charge in [-0.1, -0.05) is 12.1 Å². The number of alkyl halides is 3. The van der Waals surface area contributed by atoms with Crippen LogP contribution in [-0.4, -0.2) is 64.3 Å². The van der Waals surface area contributed by atoms with Crippen LogP contribution in [0.25, 0.3) is 0 Å². The van der Waals surface area contributed by atoms with Crippen molar-refractivity contribution in [3.05, 3.63) is 35.4 Å². The average molecular weight is 450 g/mol. The number of nitrogens with one attached hydrogen (secondary N) is 3. The van der Waals surface area contributed by atoms with Gasteiger partial charge in [-0.3, -0.25) is 9.89 Å². The van der Waals surface area contributed by atoms with Gasteiger partial charge in [0, 0.05) is 45.3 Å². The van der Waals surface area contributed by atoms with E-state index in [1.54, 1.807) is 0 Å². The number of benzene rings is 1. The molecular weight excluding hydrogens is 419 g/mol. The smallest absolute Gasteiger partial charge is 0.357 e. The molecule has 0 radical (unpaired) electrons. The van der Waals surface area contributed by atoms with Gasteiger partial charge >= 0.3 is 6.18 Å². The van der Waals surface area contributed by atoms with E-state index in [2.05, 4.69) is 25.2 Å². The number of likely N-dealkylation sites (tertiary alicyclic amines) is 1. The third-order valence-electron chi connectivity index (χ3n) is 4.61. The van der Waals surface area contributed by atoms with Crippen LogP contribution in [0.1, 0.15) is 30.9 Å². The van der Waals surface area contributed by atoms with Crippen molar-refractivity contribution in [2.45, 2.75) is 38.5 Å². The molecule has 0 aromatic heterocycles. The number of hydrogen-bond acceptors (Lipinski definition) is 4. The summed E-state index contributed by atoms with van der Waals surface area (Å²) in [5.41, 5.74) is 0.216. The first kappa shape index (κ1) is 24.4. The molecule has 0 bridgehead atoms. The summed E-state index contributed by atoms with van der Waals surface area (Å²) in [6.07, 6.45) is -1.70. The highest BCUT2D eigenvalue weighted by Crippen LogP contribution is 2.29. The van der Waals surface area contributed by atoms with Crippen LogP contribution in [0.15, 0.2) is 29.3 Å². The number of guanidine groups is 1. The molecule has 1 heterocycles. The average Bonchev–Trinajstić information content (AvgIpc) is 3.07. The minimum absolute atomic E-state index is 0.186. The number of sulfonamides is 1. The zero-order valence-corrected chi connectivity index (χ0v) is 18.1. The largest absolute Gasteiger partial charge is 0.416 e. The number of aliphatic imine (C=N–C) groups is 1. The Balaban J connectivity index is 1.80. The van der Waals surface area contributed by atoms with Crippen molar-refractivity contribution in [2.75, 3.05) is 39.0 Å². The molecule has 30 heavy (non-hydrogen) atoms. The van der Waals surface area contributed by atoms with Crippen molar-refractivity contribution in [3.8, 4) is 0 Å². The molecule has 3 N–H and O–H groups in total. The van der Waals surface area contributed by atoms with Crippen molar-refractivity contribution in [3.63, 3.8) is 0 Å². The van der Waals surface area contributed by atoms with Crippen LogP contribution < -0.4 is 15.4 Å². The molecule has 1 aliphatic rings. The van der Waals surface area contributed by atoms with Crippen molar-refractivity contribution in [1.29, 1.82) is 0 Å². The number of rotatable bonds is 9. The van der Waals surface area contributed by atoms with Crippen LogP contribution in [0.3, 0.4) is 0 Å². The SMILES string of the molecule is CCNC(=NCCCNS(C)(=O)=O)NC1CCN(Cc2ccc(C(F)(F)F)cc2)C1. The van der Waals surface area contributed by atoms with Crippen LogP contribution in [0.2, 0.25) is 0 Å². The maximum Gasteiger partial charge on any atom is 0.416 e. The van der Waals surface area contributed by atoms with Gasteiger partial charge in [0.05, 0.1) is 11.8 Å². The van der Waals surface area contributed by atoms with E-state index in [9.17, 15) is 21.6 Å². The maximum atomic E-state index is 12.7. The first-order valence-electron chi connectivity index (χ1n) is 9.95. The fourth-order valence-corrected chi connectivity index (χ4v) is 3.71. The minimum atomic E-state index is -4.32. The predicted octanol–water partition coefficient (Wildman–Crippen LogP) is 1.77. The van der Waals surface area contributed by atoms with Crippen LogP contribution in [-0.2, 0) is 22.7 Å². The summed E-state index contributed by atoms with van der Waals surface area (Å²) >= 11 is 0. The van der Waals surface area contributed by atoms with Gasteiger partial charge in [0.25, 0.3) is 0 Å². The van der Waals surface area contributed by atoms with Crippen LogP contribution in [0.4, 0.5) is 13.2 Å². The Morgan fingerprint density at radius 3 is 2.57 bits per heavy atom. The molecule has 0 amide bonds. The fraction of sp³-hybridized carbons (Fsp3) is 0.632. The van der Waals surface area contributed by atoms with Gasteiger partial charge in [-0.15, -0.1) is 0 Å². The van der Waals surface area contributed by atoms with Gasteiger partial charge in [-0.2, -0.15) is 13.2 Å². The Morgan fingerprint density at radius 2 is 1.97 bits per heavy atom. The lowest BCUT2D eigenvalue weighted by Crippen LogP contribution is -2.44. The summed E-state index contributed by atoms with van der Waals surface area (Å²) in [5.74, 6) is 0.679. The number of halogens is 3. The highest BCUT2D eigenvalue weighted by atomic mass is 32.2. The van der Waals surface area contributed by atoms with Gasteiger partial charge in [-0.05, 0) is 37.5 Å². The molecule has 1 unspecified atom stereocenters. The topological polar surface area (TPSA) is 85.8 Å². The van der Waals surface area contributed by atoms with E-state index in [1.807, 2.05) is 6.92 Å². The summed E-state index contributed by atoms with van der Waals surface area (Å²) in [7, 11) is -3.19. The van der Waals surface area contributed by atoms with Crippen LogP contribution in [0.5, 0.6) is 0 Å². The third-order valence-corrected chi connectivity index (χ3v) is 5.34. The molecule has 2 rings (SSSR count). The Bertz CT molecular complexity index is 797. The van der Waals surface area contributed by atoms with E-state index >= 15 is 0 Å². The maximum absolute atomic E-state index is 12.7. The van der Waals surface area contributed by atoms with Gasteiger partial charge in [0.15, 0.2) is 5.96 Å². The molecule has 7 nitrogen and oxygen atoms in total. The standard InChI is InChI=1S/C19H30F3N5O2S/c1-3-23-18(24-10-4-11-25-30(2,28)29)26-17-9-12-27(14-17)13-15-5-7-16(8-6-15)19(20,21)22/h5-8,17,25H,3-4,9-14H2,1-2H3,(H2,23,24,26). The normalized spacial score (nSPS) is 18.6. The van der Waals surface area contributed by atoms with E-state index in [0.29, 0.717) is 38.6 Å². The summed E-state index contributed by atoms with van der Waals surface area (Å²) < 4.78 is 62.6. The van der Waals surface area contributed by atoms with Crippen LogP contribution >= 0.6 is 0 Å². The Labute approximate surface area is 176 Å². The monoisotopic (exact) mass is 449 g/mol. The molecular formula is C19H30F3N5O2S. The van der Waals surface area contributed by atoms with Crippen molar-refractivity contribution in [1.82, 2.24) is 20.3 Å². The molecule has 1 saturated heterocycles. The van der Waals surface area contributed by atoms with Crippen molar-refractivity contribution < 1.29 is 21.6 Å². The second-order valence-corrected chi connectivity index (χ2v) is 9.17. The molecule has 1 atom stereocenters. The van der Waals surface area contributed by atoms with E-state index in [1.165, 1.54) is 12.1 Å². The molecule has 0 saturated carbocycles. The highest BCUT2D eigenvalue weighted by Gasteiger charge is 2.30. The quantitative estimate of drug-likeness (QED) is 0.304. The van der Waals surface area contributed by atoms with Crippen molar-refractivity contribution in [2.24, 2.45) is 4.99 Å². The van der Waals surface area contributed by atoms with Crippen molar-refractivity contribution >= 4 is 16.0 Å². The van der Waals surface area contributed by atoms with E-state index in [-0.39, 0.29) is 6.04 Å². The molecule has 0 aliphatic carbocycles. The molecule has 1 aromatic rings. The lowest BCUT2D eigenvalue weighted by molar-refractivity contribution is -0.137. The predicted molar refractivity (Wildman–Crippen MR) is 112 cm³/mol. The second kappa shape index (κ2) is 11.0. The first-order valence-corrected chi connectivity index (χ1v) is 11.8. The summed E-state index contributed by atoms with van der Waals surface area (Å²) in [5, 5.41) is 6.56. The summed E-state index contributed by atoms with van der Waals surface area (Å²) in [6, 6.07) is 5.48. The number of hydrogen-bond donors (Lipinski definition) is 3. The third kappa shape index (κ3) is 8.88. The molecule has 1 aliphatic heterocycles. The van der Waals surface area contributed by atoms with E-state index in [4.69, 9.17) is 0 Å². The molecule has 1 fully saturated rings. The molecule has 170 valence electrons. The van der Waals surface area contributed by atoms with E-state index < -0.39 is 21.8 Å². The Morgan fingerprint density at radius 1 is 1.27 bits per heavy atom. The summed E-state index contributed by atoms with van der Waals surface area (Å²) in [4.78, 5) is 6.67. The van der Waals surface area contributed by atoms with Gasteiger partial charge in [-0.25, -0.2) is 13.1 Å². The zero-order valence-electron chi connectivity index (χ0n) is 17.3. The molecule has 11 heteroatoms. The lowest BCUT2D eigenvalue weighted by Gasteiger charge is -2.19. The van der Waals surface area contributed by atoms with Crippen LogP contribution in [0, 0.1) is 0 Å². The fourth-order valence-electron chi connectivity index (χ4n) is 3.19. The Hall–Kier alpha value is -1.85. The molecule has 1 aromatic carbocycles. The van der Waals surface area contributed by atoms with Gasteiger partial charge in [0.2, 0.25) is 10.0 Å². The summed E-state index contributed by atoms with van der Waals surface area (Å²) in [6.45, 7) is 5.70.